The van der Waals surface area contributed by atoms with Crippen molar-refractivity contribution in [2.75, 3.05) is 11.4 Å². The van der Waals surface area contributed by atoms with Crippen molar-refractivity contribution in [3.8, 4) is 0 Å². The van der Waals surface area contributed by atoms with Crippen LogP contribution in [0.25, 0.3) is 0 Å². The normalized spacial score (nSPS) is 13.5. The average Bonchev–Trinajstić information content (AvgIpc) is 3.10. The van der Waals surface area contributed by atoms with Crippen molar-refractivity contribution in [3.05, 3.63) is 47.0 Å². The number of hydrogen-bond acceptors (Lipinski definition) is 2. The van der Waals surface area contributed by atoms with Crippen molar-refractivity contribution in [3.63, 3.8) is 0 Å². The molecule has 2 heterocycles. The quantitative estimate of drug-likeness (QED) is 0.932. The molecule has 6 heteroatoms. The fourth-order valence-electron chi connectivity index (χ4n) is 2.88. The zero-order valence-electron chi connectivity index (χ0n) is 13.4. The number of amides is 2. The van der Waals surface area contributed by atoms with Gasteiger partial charge >= 0.3 is 6.03 Å². The first-order valence-corrected chi connectivity index (χ1v) is 8.26. The second kappa shape index (κ2) is 6.62. The smallest absolute Gasteiger partial charge is 0.322 e. The third kappa shape index (κ3) is 3.50. The van der Waals surface area contributed by atoms with Crippen LogP contribution < -0.4 is 10.2 Å². The fraction of sp³-hybridized carbons (Fsp3) is 0.412. The van der Waals surface area contributed by atoms with E-state index >= 15 is 0 Å². The van der Waals surface area contributed by atoms with Crippen molar-refractivity contribution < 1.29 is 4.79 Å². The highest BCUT2D eigenvalue weighted by Gasteiger charge is 2.24. The Hall–Kier alpha value is -2.01. The lowest BCUT2D eigenvalue weighted by molar-refractivity contribution is 0.246. The van der Waals surface area contributed by atoms with E-state index < -0.39 is 0 Å². The lowest BCUT2D eigenvalue weighted by Crippen LogP contribution is -2.39. The number of hydrogen-bond donors (Lipinski definition) is 1. The van der Waals surface area contributed by atoms with E-state index in [0.717, 1.165) is 30.0 Å². The van der Waals surface area contributed by atoms with Gasteiger partial charge in [-0.05, 0) is 30.0 Å². The summed E-state index contributed by atoms with van der Waals surface area (Å²) in [6.07, 6.45) is 4.59. The molecule has 2 aromatic rings. The molecule has 1 aromatic carbocycles. The van der Waals surface area contributed by atoms with Gasteiger partial charge in [-0.3, -0.25) is 4.90 Å². The van der Waals surface area contributed by atoms with E-state index in [9.17, 15) is 4.79 Å². The van der Waals surface area contributed by atoms with Gasteiger partial charge in [-0.15, -0.1) is 0 Å². The zero-order chi connectivity index (χ0) is 16.4. The molecule has 5 nitrogen and oxygen atoms in total. The number of urea groups is 1. The molecular weight excluding hydrogens is 312 g/mol. The minimum Gasteiger partial charge on any atom is -0.333 e. The Labute approximate surface area is 141 Å². The van der Waals surface area contributed by atoms with Crippen LogP contribution in [-0.4, -0.2) is 22.1 Å². The predicted octanol–water partition coefficient (Wildman–Crippen LogP) is 3.46. The van der Waals surface area contributed by atoms with Crippen molar-refractivity contribution in [2.24, 2.45) is 5.92 Å². The number of imidazole rings is 1. The monoisotopic (exact) mass is 332 g/mol. The number of benzene rings is 1. The molecule has 23 heavy (non-hydrogen) atoms. The number of nitrogens with zero attached hydrogens (tertiary/aromatic N) is 3. The molecule has 0 saturated carbocycles. The first-order chi connectivity index (χ1) is 11.0. The van der Waals surface area contributed by atoms with E-state index in [2.05, 4.69) is 28.7 Å². The SMILES string of the molecule is CC(C)Cn1ccnc1CNC(=O)N1CCc2ccc(Cl)cc21. The Kier molecular flexibility index (Phi) is 4.57. The Balaban J connectivity index is 1.66. The van der Waals surface area contributed by atoms with Crippen molar-refractivity contribution >= 4 is 23.3 Å². The molecule has 1 aliphatic heterocycles. The van der Waals surface area contributed by atoms with Crippen LogP contribution in [0.1, 0.15) is 25.2 Å². The molecule has 1 N–H and O–H groups in total. The van der Waals surface area contributed by atoms with Crippen LogP contribution in [-0.2, 0) is 19.5 Å². The highest BCUT2D eigenvalue weighted by atomic mass is 35.5. The molecule has 0 aliphatic carbocycles. The van der Waals surface area contributed by atoms with Gasteiger partial charge in [0.05, 0.1) is 12.2 Å². The summed E-state index contributed by atoms with van der Waals surface area (Å²) in [5.41, 5.74) is 2.06. The van der Waals surface area contributed by atoms with Crippen LogP contribution in [0.2, 0.25) is 5.02 Å². The second-order valence-electron chi connectivity index (χ2n) is 6.22. The largest absolute Gasteiger partial charge is 0.333 e. The maximum Gasteiger partial charge on any atom is 0.322 e. The van der Waals surface area contributed by atoms with Crippen LogP contribution >= 0.6 is 11.6 Å². The average molecular weight is 333 g/mol. The summed E-state index contributed by atoms with van der Waals surface area (Å²) >= 11 is 6.05. The third-order valence-corrected chi connectivity index (χ3v) is 4.18. The number of nitrogens with one attached hydrogen (secondary N) is 1. The Morgan fingerprint density at radius 1 is 1.43 bits per heavy atom. The van der Waals surface area contributed by atoms with Crippen LogP contribution in [0, 0.1) is 5.92 Å². The van der Waals surface area contributed by atoms with Gasteiger partial charge in [0.2, 0.25) is 0 Å². The molecule has 0 fully saturated rings. The first kappa shape index (κ1) is 15.9. The number of aromatic nitrogens is 2. The van der Waals surface area contributed by atoms with E-state index in [1.54, 1.807) is 11.1 Å². The van der Waals surface area contributed by atoms with Gasteiger partial charge in [0, 0.05) is 30.5 Å². The standard InChI is InChI=1S/C17H21ClN4O/c1-12(2)11-21-8-6-19-16(21)10-20-17(23)22-7-5-13-3-4-14(18)9-15(13)22/h3-4,6,8-9,12H,5,7,10-11H2,1-2H3,(H,20,23). The van der Waals surface area contributed by atoms with Gasteiger partial charge < -0.3 is 9.88 Å². The molecule has 122 valence electrons. The van der Waals surface area contributed by atoms with Gasteiger partial charge in [0.25, 0.3) is 0 Å². The molecule has 0 bridgehead atoms. The lowest BCUT2D eigenvalue weighted by atomic mass is 10.2. The Bertz CT molecular complexity index is 710. The summed E-state index contributed by atoms with van der Waals surface area (Å²) in [5.74, 6) is 1.41. The molecule has 3 rings (SSSR count). The summed E-state index contributed by atoms with van der Waals surface area (Å²) in [6, 6.07) is 5.60. The van der Waals surface area contributed by atoms with E-state index in [4.69, 9.17) is 11.6 Å². The number of rotatable bonds is 4. The molecule has 1 aliphatic rings. The second-order valence-corrected chi connectivity index (χ2v) is 6.66. The molecule has 0 spiro atoms. The van der Waals surface area contributed by atoms with Crippen LogP contribution in [0.4, 0.5) is 10.5 Å². The molecule has 1 aromatic heterocycles. The lowest BCUT2D eigenvalue weighted by Gasteiger charge is -2.18. The highest BCUT2D eigenvalue weighted by Crippen LogP contribution is 2.30. The maximum atomic E-state index is 12.5. The summed E-state index contributed by atoms with van der Waals surface area (Å²) in [6.45, 7) is 6.32. The Morgan fingerprint density at radius 3 is 3.04 bits per heavy atom. The minimum absolute atomic E-state index is 0.106. The molecular formula is C17H21ClN4O. The van der Waals surface area contributed by atoms with Crippen molar-refractivity contribution in [2.45, 2.75) is 33.4 Å². The number of anilines is 1. The molecule has 0 saturated heterocycles. The van der Waals surface area contributed by atoms with Crippen LogP contribution in [0.15, 0.2) is 30.6 Å². The number of halogens is 1. The van der Waals surface area contributed by atoms with Crippen molar-refractivity contribution in [1.82, 2.24) is 14.9 Å². The van der Waals surface area contributed by atoms with E-state index in [-0.39, 0.29) is 6.03 Å². The molecule has 0 unspecified atom stereocenters. The van der Waals surface area contributed by atoms with Crippen LogP contribution in [0.5, 0.6) is 0 Å². The zero-order valence-corrected chi connectivity index (χ0v) is 14.2. The third-order valence-electron chi connectivity index (χ3n) is 3.95. The molecule has 2 amide bonds. The van der Waals surface area contributed by atoms with E-state index in [0.29, 0.717) is 24.0 Å². The van der Waals surface area contributed by atoms with Gasteiger partial charge in [-0.25, -0.2) is 9.78 Å². The number of carbonyl (C=O) groups excluding carboxylic acids is 1. The summed E-state index contributed by atoms with van der Waals surface area (Å²) in [4.78, 5) is 18.6. The van der Waals surface area contributed by atoms with E-state index in [1.165, 1.54) is 0 Å². The highest BCUT2D eigenvalue weighted by molar-refractivity contribution is 6.31. The van der Waals surface area contributed by atoms with Gasteiger partial charge in [0.1, 0.15) is 5.82 Å². The summed E-state index contributed by atoms with van der Waals surface area (Å²) < 4.78 is 2.08. The first-order valence-electron chi connectivity index (χ1n) is 7.88. The van der Waals surface area contributed by atoms with Gasteiger partial charge in [0.15, 0.2) is 0 Å². The van der Waals surface area contributed by atoms with Gasteiger partial charge in [-0.2, -0.15) is 0 Å². The summed E-state index contributed by atoms with van der Waals surface area (Å²) in [5, 5.41) is 3.61. The van der Waals surface area contributed by atoms with Crippen molar-refractivity contribution in [1.29, 1.82) is 0 Å². The molecule has 0 radical (unpaired) electrons. The van der Waals surface area contributed by atoms with Crippen LogP contribution in [0.3, 0.4) is 0 Å². The van der Waals surface area contributed by atoms with Gasteiger partial charge in [-0.1, -0.05) is 31.5 Å². The number of carbonyl (C=O) groups is 1. The maximum absolute atomic E-state index is 12.5. The number of fused-ring (bicyclic) bond motifs is 1. The van der Waals surface area contributed by atoms with E-state index in [1.807, 2.05) is 24.4 Å². The Morgan fingerprint density at radius 2 is 2.26 bits per heavy atom. The minimum atomic E-state index is -0.106. The predicted molar refractivity (Wildman–Crippen MR) is 91.8 cm³/mol. The topological polar surface area (TPSA) is 50.2 Å². The summed E-state index contributed by atoms with van der Waals surface area (Å²) in [7, 11) is 0. The fourth-order valence-corrected chi connectivity index (χ4v) is 3.05. The molecule has 0 atom stereocenters.